The highest BCUT2D eigenvalue weighted by molar-refractivity contribution is 5.70. The Balaban J connectivity index is 4.05. The Morgan fingerprint density at radius 3 is 1.01 bits per heavy atom. The smallest absolute Gasteiger partial charge is 0.306 e. The second-order valence-electron chi connectivity index (χ2n) is 24.5. The Labute approximate surface area is 484 Å². The quantitative estimate of drug-likeness (QED) is 0.0195. The molecule has 0 saturated carbocycles. The highest BCUT2D eigenvalue weighted by Crippen LogP contribution is 2.19. The van der Waals surface area contributed by atoms with Crippen LogP contribution >= 0.6 is 0 Å². The maximum atomic E-state index is 12.9. The van der Waals surface area contributed by atoms with Crippen LogP contribution in [0.25, 0.3) is 0 Å². The van der Waals surface area contributed by atoms with Gasteiger partial charge in [0.1, 0.15) is 13.2 Å². The van der Waals surface area contributed by atoms with E-state index in [4.69, 9.17) is 18.9 Å². The van der Waals surface area contributed by atoms with Crippen LogP contribution in [0.2, 0.25) is 0 Å². The average Bonchev–Trinajstić information content (AvgIpc) is 3.41. The van der Waals surface area contributed by atoms with Gasteiger partial charge >= 0.3 is 11.9 Å². The van der Waals surface area contributed by atoms with Crippen molar-refractivity contribution in [3.63, 3.8) is 0 Å². The summed E-state index contributed by atoms with van der Waals surface area (Å²) in [5.74, 6) is -2.26. The minimum atomic E-state index is -1.62. The number of carbonyl (C=O) groups excluding carboxylic acids is 3. The third kappa shape index (κ3) is 61.4. The topological polar surface area (TPSA) is 111 Å². The fraction of sp³-hybridized carbons (Fsp3) is 0.899. The number of rotatable bonds is 64. The third-order valence-electron chi connectivity index (χ3n) is 15.5. The van der Waals surface area contributed by atoms with Crippen molar-refractivity contribution in [1.29, 1.82) is 0 Å². The minimum Gasteiger partial charge on any atom is -0.545 e. The van der Waals surface area contributed by atoms with E-state index in [-0.39, 0.29) is 32.2 Å². The summed E-state index contributed by atoms with van der Waals surface area (Å²) in [6.45, 7) is 4.80. The predicted molar refractivity (Wildman–Crippen MR) is 330 cm³/mol. The molecule has 0 spiro atoms. The molecule has 78 heavy (non-hydrogen) atoms. The number of esters is 2. The number of unbranched alkanes of at least 4 members (excludes halogenated alkanes) is 45. The molecule has 0 rings (SSSR count). The first kappa shape index (κ1) is 75.8. The van der Waals surface area contributed by atoms with Crippen molar-refractivity contribution in [2.24, 2.45) is 0 Å². The molecule has 0 aromatic rings. The van der Waals surface area contributed by atoms with Crippen LogP contribution in [0.3, 0.4) is 0 Å². The van der Waals surface area contributed by atoms with Gasteiger partial charge in [0.25, 0.3) is 0 Å². The molecule has 0 amide bonds. The second-order valence-corrected chi connectivity index (χ2v) is 24.5. The molecule has 0 radical (unpaired) electrons. The van der Waals surface area contributed by atoms with Gasteiger partial charge in [0, 0.05) is 12.8 Å². The Morgan fingerprint density at radius 2 is 0.692 bits per heavy atom. The fourth-order valence-electron chi connectivity index (χ4n) is 10.2. The van der Waals surface area contributed by atoms with Crippen molar-refractivity contribution >= 4 is 17.9 Å². The third-order valence-corrected chi connectivity index (χ3v) is 15.5. The molecule has 0 aromatic carbocycles. The zero-order valence-corrected chi connectivity index (χ0v) is 52.6. The van der Waals surface area contributed by atoms with Crippen molar-refractivity contribution in [2.45, 2.75) is 354 Å². The van der Waals surface area contributed by atoms with Crippen LogP contribution in [0.1, 0.15) is 341 Å². The summed E-state index contributed by atoms with van der Waals surface area (Å²) in [5.41, 5.74) is 0. The molecule has 2 atom stereocenters. The first-order chi connectivity index (χ1) is 38.1. The standard InChI is InChI=1S/C69H131NO8/c1-6-8-10-12-14-16-18-20-22-24-26-28-29-30-31-32-33-34-35-36-37-38-40-41-43-45-47-49-51-53-55-57-59-66(71)76-63-65(64-77-69(68(73)74)75-62-61-70(3,4)5)78-67(72)60-58-56-54-52-50-48-46-44-42-39-27-25-23-21-19-17-15-13-11-9-7-2/h19,21,25,27,65,69H,6-18,20,22-24,26,28-64H2,1-5H3/b21-19-,27-25-. The molecule has 0 fully saturated rings. The van der Waals surface area contributed by atoms with Gasteiger partial charge in [0.05, 0.1) is 40.3 Å². The van der Waals surface area contributed by atoms with Crippen molar-refractivity contribution in [2.75, 3.05) is 47.5 Å². The molecular formula is C69H131NO8. The van der Waals surface area contributed by atoms with E-state index in [9.17, 15) is 19.5 Å². The Kier molecular flexibility index (Phi) is 59.1. The Bertz CT molecular complexity index is 1330. The maximum absolute atomic E-state index is 12.9. The minimum absolute atomic E-state index is 0.149. The first-order valence-corrected chi connectivity index (χ1v) is 34.0. The van der Waals surface area contributed by atoms with Gasteiger partial charge in [-0.1, -0.05) is 308 Å². The van der Waals surface area contributed by atoms with Gasteiger partial charge in [-0.05, 0) is 44.9 Å². The molecule has 0 saturated heterocycles. The molecule has 9 nitrogen and oxygen atoms in total. The highest BCUT2D eigenvalue weighted by atomic mass is 16.7. The number of aliphatic carboxylic acids is 1. The first-order valence-electron chi connectivity index (χ1n) is 34.0. The zero-order chi connectivity index (χ0) is 56.9. The van der Waals surface area contributed by atoms with Crippen LogP contribution in [-0.2, 0) is 33.3 Å². The fourth-order valence-corrected chi connectivity index (χ4v) is 10.2. The van der Waals surface area contributed by atoms with E-state index in [2.05, 4.69) is 38.2 Å². The lowest BCUT2D eigenvalue weighted by molar-refractivity contribution is -0.870. The van der Waals surface area contributed by atoms with Gasteiger partial charge in [-0.15, -0.1) is 0 Å². The van der Waals surface area contributed by atoms with Gasteiger partial charge in [0.2, 0.25) is 0 Å². The van der Waals surface area contributed by atoms with E-state index < -0.39 is 24.3 Å². The molecule has 0 aliphatic carbocycles. The molecule has 460 valence electrons. The summed E-state index contributed by atoms with van der Waals surface area (Å²) in [5, 5.41) is 11.8. The van der Waals surface area contributed by atoms with Gasteiger partial charge in [-0.2, -0.15) is 0 Å². The molecule has 9 heteroatoms. The number of allylic oxidation sites excluding steroid dienone is 4. The Morgan fingerprint density at radius 1 is 0.385 bits per heavy atom. The van der Waals surface area contributed by atoms with Crippen LogP contribution in [-0.4, -0.2) is 82.3 Å². The van der Waals surface area contributed by atoms with Crippen molar-refractivity contribution in [1.82, 2.24) is 0 Å². The monoisotopic (exact) mass is 1100 g/mol. The van der Waals surface area contributed by atoms with Crippen molar-refractivity contribution < 1.29 is 42.9 Å². The van der Waals surface area contributed by atoms with Crippen LogP contribution in [0.5, 0.6) is 0 Å². The van der Waals surface area contributed by atoms with Gasteiger partial charge in [-0.25, -0.2) is 0 Å². The zero-order valence-electron chi connectivity index (χ0n) is 52.6. The predicted octanol–water partition coefficient (Wildman–Crippen LogP) is 19.3. The number of carboxylic acid groups (broad SMARTS) is 1. The molecule has 0 aliphatic heterocycles. The molecule has 2 unspecified atom stereocenters. The summed E-state index contributed by atoms with van der Waals surface area (Å²) in [4.78, 5) is 37.4. The van der Waals surface area contributed by atoms with Crippen molar-refractivity contribution in [3.8, 4) is 0 Å². The number of carbonyl (C=O) groups is 3. The van der Waals surface area contributed by atoms with E-state index in [1.807, 2.05) is 21.1 Å². The van der Waals surface area contributed by atoms with E-state index in [0.717, 1.165) is 51.4 Å². The molecule has 0 N–H and O–H groups in total. The van der Waals surface area contributed by atoms with E-state index in [1.54, 1.807) is 0 Å². The van der Waals surface area contributed by atoms with Gasteiger partial charge in [0.15, 0.2) is 12.4 Å². The van der Waals surface area contributed by atoms with Crippen molar-refractivity contribution in [3.05, 3.63) is 24.3 Å². The SMILES string of the molecule is CCCCCCC/C=C\C/C=C\CCCCCCCCCCCC(=O)OC(COC(=O)CCCCCCCCCCCCCCCCCCCCCCCCCCCCCCCCCC)COC(OCC[N+](C)(C)C)C(=O)[O-]. The summed E-state index contributed by atoms with van der Waals surface area (Å²) < 4.78 is 22.8. The van der Waals surface area contributed by atoms with Crippen LogP contribution in [0.4, 0.5) is 0 Å². The lowest BCUT2D eigenvalue weighted by atomic mass is 10.0. The number of nitrogens with zero attached hydrogens (tertiary/aromatic N) is 1. The van der Waals surface area contributed by atoms with Crippen LogP contribution in [0.15, 0.2) is 24.3 Å². The normalized spacial score (nSPS) is 12.8. The number of hydrogen-bond acceptors (Lipinski definition) is 8. The highest BCUT2D eigenvalue weighted by Gasteiger charge is 2.22. The summed E-state index contributed by atoms with van der Waals surface area (Å²) >= 11 is 0. The number of carboxylic acids is 1. The summed E-state index contributed by atoms with van der Waals surface area (Å²) in [7, 11) is 5.94. The summed E-state index contributed by atoms with van der Waals surface area (Å²) in [6, 6.07) is 0. The lowest BCUT2D eigenvalue weighted by Gasteiger charge is -2.26. The van der Waals surface area contributed by atoms with E-state index in [0.29, 0.717) is 23.9 Å². The van der Waals surface area contributed by atoms with E-state index in [1.165, 1.54) is 257 Å². The van der Waals surface area contributed by atoms with Gasteiger partial charge < -0.3 is 33.3 Å². The lowest BCUT2D eigenvalue weighted by Crippen LogP contribution is -2.44. The summed E-state index contributed by atoms with van der Waals surface area (Å²) in [6.07, 6.45) is 71.2. The average molecular weight is 1100 g/mol. The molecule has 0 aromatic heterocycles. The van der Waals surface area contributed by atoms with Crippen LogP contribution < -0.4 is 5.11 Å². The number of likely N-dealkylation sites (N-methyl/N-ethyl adjacent to an activating group) is 1. The van der Waals surface area contributed by atoms with Gasteiger partial charge in [-0.3, -0.25) is 9.59 Å². The van der Waals surface area contributed by atoms with Crippen LogP contribution in [0, 0.1) is 0 Å². The Hall–Kier alpha value is -2.23. The number of ether oxygens (including phenoxy) is 4. The number of hydrogen-bond donors (Lipinski definition) is 0. The maximum Gasteiger partial charge on any atom is 0.306 e. The molecule has 0 bridgehead atoms. The second kappa shape index (κ2) is 60.9. The molecule has 0 heterocycles. The molecular weight excluding hydrogens is 971 g/mol. The molecule has 0 aliphatic rings. The van der Waals surface area contributed by atoms with E-state index >= 15 is 0 Å². The number of quaternary nitrogens is 1. The largest absolute Gasteiger partial charge is 0.545 e.